The third-order valence-corrected chi connectivity index (χ3v) is 2.31. The smallest absolute Gasteiger partial charge is 0.115 e. The van der Waals surface area contributed by atoms with Crippen molar-refractivity contribution in [3.05, 3.63) is 41.5 Å². The lowest BCUT2D eigenvalue weighted by molar-refractivity contribution is 0.569. The van der Waals surface area contributed by atoms with Crippen molar-refractivity contribution in [2.75, 3.05) is 6.67 Å². The topological polar surface area (TPSA) is 0 Å². The summed E-state index contributed by atoms with van der Waals surface area (Å²) in [5.74, 6) is 0. The molecule has 1 aliphatic carbocycles. The maximum atomic E-state index is 12.5. The van der Waals surface area contributed by atoms with E-state index in [-0.39, 0.29) is 6.67 Å². The summed E-state index contributed by atoms with van der Waals surface area (Å²) >= 11 is 0. The Hall–Kier alpha value is -1.11. The second-order valence-electron chi connectivity index (χ2n) is 3.06. The van der Waals surface area contributed by atoms with Crippen molar-refractivity contribution in [1.82, 2.24) is 0 Å². The number of alkyl halides is 1. The van der Waals surface area contributed by atoms with Gasteiger partial charge in [-0.25, -0.2) is 4.39 Å². The van der Waals surface area contributed by atoms with Crippen LogP contribution in [0.2, 0.25) is 0 Å². The van der Waals surface area contributed by atoms with E-state index in [4.69, 9.17) is 0 Å². The van der Waals surface area contributed by atoms with Crippen molar-refractivity contribution < 1.29 is 4.39 Å². The molecule has 0 aliphatic heterocycles. The van der Waals surface area contributed by atoms with Crippen LogP contribution in [-0.2, 0) is 6.42 Å². The second-order valence-corrected chi connectivity index (χ2v) is 3.06. The molecule has 0 atom stereocenters. The number of hydrogen-bond donors (Lipinski definition) is 0. The molecule has 1 heteroatoms. The van der Waals surface area contributed by atoms with Crippen LogP contribution >= 0.6 is 0 Å². The van der Waals surface area contributed by atoms with E-state index in [0.29, 0.717) is 0 Å². The molecule has 2 rings (SSSR count). The van der Waals surface area contributed by atoms with Gasteiger partial charge in [-0.2, -0.15) is 0 Å². The monoisotopic (exact) mass is 162 g/mol. The largest absolute Gasteiger partial charge is 0.246 e. The SMILES string of the molecule is FCC1=CCCc2ccccc21. The van der Waals surface area contributed by atoms with Gasteiger partial charge in [0, 0.05) is 0 Å². The Balaban J connectivity index is 2.48. The molecule has 62 valence electrons. The van der Waals surface area contributed by atoms with Gasteiger partial charge in [-0.1, -0.05) is 30.3 Å². The van der Waals surface area contributed by atoms with E-state index in [1.54, 1.807) is 0 Å². The number of allylic oxidation sites excluding steroid dienone is 2. The van der Waals surface area contributed by atoms with E-state index in [9.17, 15) is 4.39 Å². The molecule has 1 aromatic carbocycles. The first-order valence-corrected chi connectivity index (χ1v) is 4.25. The lowest BCUT2D eigenvalue weighted by Crippen LogP contribution is -2.00. The molecule has 0 bridgehead atoms. The van der Waals surface area contributed by atoms with E-state index in [0.717, 1.165) is 24.0 Å². The first-order valence-electron chi connectivity index (χ1n) is 4.25. The molecular weight excluding hydrogens is 151 g/mol. The van der Waals surface area contributed by atoms with E-state index in [1.165, 1.54) is 5.56 Å². The summed E-state index contributed by atoms with van der Waals surface area (Å²) < 4.78 is 12.5. The molecule has 12 heavy (non-hydrogen) atoms. The number of aryl methyl sites for hydroxylation is 1. The van der Waals surface area contributed by atoms with Crippen LogP contribution in [0.5, 0.6) is 0 Å². The quantitative estimate of drug-likeness (QED) is 0.595. The van der Waals surface area contributed by atoms with Gasteiger partial charge in [0.2, 0.25) is 0 Å². The van der Waals surface area contributed by atoms with Gasteiger partial charge in [0.05, 0.1) is 0 Å². The lowest BCUT2D eigenvalue weighted by atomic mass is 9.92. The van der Waals surface area contributed by atoms with Gasteiger partial charge in [0.25, 0.3) is 0 Å². The summed E-state index contributed by atoms with van der Waals surface area (Å²) in [6.45, 7) is -0.336. The Bertz CT molecular complexity index is 313. The summed E-state index contributed by atoms with van der Waals surface area (Å²) in [5.41, 5.74) is 3.25. The number of hydrogen-bond acceptors (Lipinski definition) is 0. The zero-order valence-corrected chi connectivity index (χ0v) is 6.89. The average Bonchev–Trinajstić information content (AvgIpc) is 2.17. The van der Waals surface area contributed by atoms with Crippen LogP contribution in [0.15, 0.2) is 30.3 Å². The van der Waals surface area contributed by atoms with Crippen molar-refractivity contribution in [1.29, 1.82) is 0 Å². The fraction of sp³-hybridized carbons (Fsp3) is 0.273. The molecule has 0 saturated heterocycles. The van der Waals surface area contributed by atoms with E-state index >= 15 is 0 Å². The summed E-state index contributed by atoms with van der Waals surface area (Å²) in [6.07, 6.45) is 4.04. The van der Waals surface area contributed by atoms with Gasteiger partial charge in [-0.05, 0) is 29.5 Å². The average molecular weight is 162 g/mol. The molecule has 1 aromatic rings. The van der Waals surface area contributed by atoms with Gasteiger partial charge in [-0.3, -0.25) is 0 Å². The molecular formula is C11H11F. The van der Waals surface area contributed by atoms with Gasteiger partial charge in [-0.15, -0.1) is 0 Å². The van der Waals surface area contributed by atoms with Crippen LogP contribution in [0.25, 0.3) is 5.57 Å². The fourth-order valence-electron chi connectivity index (χ4n) is 1.69. The third-order valence-electron chi connectivity index (χ3n) is 2.31. The third kappa shape index (κ3) is 1.15. The highest BCUT2D eigenvalue weighted by Crippen LogP contribution is 2.25. The number of rotatable bonds is 1. The molecule has 0 spiro atoms. The van der Waals surface area contributed by atoms with Crippen LogP contribution in [0.3, 0.4) is 0 Å². The summed E-state index contributed by atoms with van der Waals surface area (Å²) in [4.78, 5) is 0. The Kier molecular flexibility index (Phi) is 1.94. The summed E-state index contributed by atoms with van der Waals surface area (Å²) in [7, 11) is 0. The molecule has 0 unspecified atom stereocenters. The van der Waals surface area contributed by atoms with E-state index in [2.05, 4.69) is 6.07 Å². The minimum absolute atomic E-state index is 0.336. The second kappa shape index (κ2) is 3.10. The first kappa shape index (κ1) is 7.53. The van der Waals surface area contributed by atoms with Crippen molar-refractivity contribution in [3.8, 4) is 0 Å². The Morgan fingerprint density at radius 1 is 1.25 bits per heavy atom. The zero-order valence-electron chi connectivity index (χ0n) is 6.89. The predicted octanol–water partition coefficient (Wildman–Crippen LogP) is 2.99. The normalized spacial score (nSPS) is 15.2. The zero-order chi connectivity index (χ0) is 8.39. The highest BCUT2D eigenvalue weighted by atomic mass is 19.1. The molecule has 1 aliphatic rings. The van der Waals surface area contributed by atoms with Crippen molar-refractivity contribution >= 4 is 5.57 Å². The standard InChI is InChI=1S/C11H11F/c12-8-10-6-3-5-9-4-1-2-7-11(9)10/h1-2,4,6-7H,3,5,8H2. The number of halogens is 1. The molecule has 0 N–H and O–H groups in total. The van der Waals surface area contributed by atoms with Gasteiger partial charge >= 0.3 is 0 Å². The summed E-state index contributed by atoms with van der Waals surface area (Å²) in [6, 6.07) is 8.06. The Morgan fingerprint density at radius 2 is 2.08 bits per heavy atom. The van der Waals surface area contributed by atoms with Crippen LogP contribution in [0, 0.1) is 0 Å². The maximum Gasteiger partial charge on any atom is 0.115 e. The van der Waals surface area contributed by atoms with E-state index < -0.39 is 0 Å². The van der Waals surface area contributed by atoms with Crippen LogP contribution in [-0.4, -0.2) is 6.67 Å². The molecule has 0 fully saturated rings. The molecule has 0 aromatic heterocycles. The van der Waals surface area contributed by atoms with E-state index in [1.807, 2.05) is 24.3 Å². The predicted molar refractivity (Wildman–Crippen MR) is 48.7 cm³/mol. The molecule has 0 nitrogen and oxygen atoms in total. The highest BCUT2D eigenvalue weighted by Gasteiger charge is 2.10. The number of fused-ring (bicyclic) bond motifs is 1. The molecule has 0 radical (unpaired) electrons. The molecule has 0 amide bonds. The minimum atomic E-state index is -0.336. The van der Waals surface area contributed by atoms with Crippen LogP contribution in [0.1, 0.15) is 17.5 Å². The van der Waals surface area contributed by atoms with Crippen molar-refractivity contribution in [3.63, 3.8) is 0 Å². The Labute approximate surface area is 71.7 Å². The van der Waals surface area contributed by atoms with Gasteiger partial charge in [0.15, 0.2) is 0 Å². The van der Waals surface area contributed by atoms with Crippen molar-refractivity contribution in [2.45, 2.75) is 12.8 Å². The Morgan fingerprint density at radius 3 is 2.92 bits per heavy atom. The van der Waals surface area contributed by atoms with Crippen LogP contribution < -0.4 is 0 Å². The first-order chi connectivity index (χ1) is 5.92. The van der Waals surface area contributed by atoms with Crippen molar-refractivity contribution in [2.24, 2.45) is 0 Å². The molecule has 0 saturated carbocycles. The number of benzene rings is 1. The maximum absolute atomic E-state index is 12.5. The van der Waals surface area contributed by atoms with Gasteiger partial charge < -0.3 is 0 Å². The fourth-order valence-corrected chi connectivity index (χ4v) is 1.69. The highest BCUT2D eigenvalue weighted by molar-refractivity contribution is 5.70. The lowest BCUT2D eigenvalue weighted by Gasteiger charge is -2.14. The van der Waals surface area contributed by atoms with Crippen LogP contribution in [0.4, 0.5) is 4.39 Å². The molecule has 0 heterocycles. The summed E-state index contributed by atoms with van der Waals surface area (Å²) in [5, 5.41) is 0. The van der Waals surface area contributed by atoms with Gasteiger partial charge in [0.1, 0.15) is 6.67 Å². The minimum Gasteiger partial charge on any atom is -0.246 e.